The first-order valence-corrected chi connectivity index (χ1v) is 5.09. The summed E-state index contributed by atoms with van der Waals surface area (Å²) in [5.74, 6) is 0. The molecule has 3 fully saturated rings. The first kappa shape index (κ1) is 8.45. The number of hydrogen-bond acceptors (Lipinski definition) is 0. The van der Waals surface area contributed by atoms with Gasteiger partial charge in [0.25, 0.3) is 0 Å². The van der Waals surface area contributed by atoms with Crippen LogP contribution in [0, 0.1) is 0 Å². The zero-order valence-electron chi connectivity index (χ0n) is 7.93. The van der Waals surface area contributed by atoms with Crippen molar-refractivity contribution in [3.63, 3.8) is 0 Å². The summed E-state index contributed by atoms with van der Waals surface area (Å²) in [6, 6.07) is 0. The van der Waals surface area contributed by atoms with Gasteiger partial charge in [-0.2, -0.15) is 0 Å². The number of hydrogen-bond donors (Lipinski definition) is 0. The summed E-state index contributed by atoms with van der Waals surface area (Å²) >= 11 is 0. The fraction of sp³-hybridized carbons (Fsp3) is 1.00. The zero-order valence-corrected chi connectivity index (χ0v) is 7.93. The van der Waals surface area contributed by atoms with Gasteiger partial charge in [0.2, 0.25) is 0 Å². The molecule has 0 spiro atoms. The Morgan fingerprint density at radius 1 is 1.00 bits per heavy atom. The summed E-state index contributed by atoms with van der Waals surface area (Å²) < 4.78 is 14.8. The molecule has 3 rings (SSSR count). The highest BCUT2D eigenvalue weighted by Gasteiger charge is 2.50. The van der Waals surface area contributed by atoms with Gasteiger partial charge in [-0.25, -0.2) is 0 Å². The molecule has 3 aliphatic rings. The van der Waals surface area contributed by atoms with Crippen LogP contribution >= 0.6 is 0 Å². The molecule has 2 nitrogen and oxygen atoms in total. The highest BCUT2D eigenvalue weighted by molar-refractivity contribution is 4.57. The fourth-order valence-electron chi connectivity index (χ4n) is 2.65. The van der Waals surface area contributed by atoms with Gasteiger partial charge in [-0.1, -0.05) is 6.92 Å². The van der Waals surface area contributed by atoms with Crippen molar-refractivity contribution in [1.29, 1.82) is 0 Å². The smallest absolute Gasteiger partial charge is 0.164 e. The van der Waals surface area contributed by atoms with E-state index in [4.69, 9.17) is 0 Å². The van der Waals surface area contributed by atoms with Crippen molar-refractivity contribution in [2.45, 2.75) is 13.3 Å². The van der Waals surface area contributed by atoms with E-state index in [1.807, 2.05) is 0 Å². The molecule has 12 heavy (non-hydrogen) atoms. The maximum atomic E-state index is 13.7. The average Bonchev–Trinajstić information content (AvgIpc) is 2.08. The molecule has 0 aromatic carbocycles. The number of rotatable bonds is 2. The van der Waals surface area contributed by atoms with Crippen molar-refractivity contribution in [3.05, 3.63) is 0 Å². The van der Waals surface area contributed by atoms with E-state index in [-0.39, 0.29) is 4.71 Å². The Kier molecular flexibility index (Phi) is 1.88. The molecule has 0 amide bonds. The lowest BCUT2D eigenvalue weighted by Crippen LogP contribution is -2.72. The van der Waals surface area contributed by atoms with Gasteiger partial charge in [-0.05, 0) is 10.9 Å². The van der Waals surface area contributed by atoms with Crippen LogP contribution in [0.15, 0.2) is 0 Å². The van der Waals surface area contributed by atoms with E-state index in [9.17, 15) is 4.48 Å². The zero-order chi connectivity index (χ0) is 8.66. The summed E-state index contributed by atoms with van der Waals surface area (Å²) in [7, 11) is 0. The summed E-state index contributed by atoms with van der Waals surface area (Å²) in [5.41, 5.74) is 0. The third-order valence-corrected chi connectivity index (χ3v) is 3.62. The van der Waals surface area contributed by atoms with Crippen LogP contribution in [0.4, 0.5) is 4.48 Å². The summed E-state index contributed by atoms with van der Waals surface area (Å²) in [6.45, 7) is 9.01. The van der Waals surface area contributed by atoms with Crippen LogP contribution < -0.4 is 0 Å². The van der Waals surface area contributed by atoms with E-state index in [0.717, 1.165) is 39.3 Å². The summed E-state index contributed by atoms with van der Waals surface area (Å²) in [6.07, 6.45) is 1.24. The largest absolute Gasteiger partial charge is 0.309 e. The monoisotopic (exact) mass is 174 g/mol. The van der Waals surface area contributed by atoms with Crippen LogP contribution in [-0.4, -0.2) is 55.0 Å². The number of nitrogens with zero attached hydrogens (tertiary/aromatic N) is 2. The Morgan fingerprint density at radius 2 is 1.50 bits per heavy atom. The molecule has 0 saturated carbocycles. The quantitative estimate of drug-likeness (QED) is 0.432. The molecule has 0 unspecified atom stereocenters. The molecular formula is C9H19FN2+2. The second-order valence-electron chi connectivity index (χ2n) is 4.44. The van der Waals surface area contributed by atoms with Gasteiger partial charge < -0.3 is 4.48 Å². The molecule has 0 radical (unpaired) electrons. The predicted molar refractivity (Wildman–Crippen MR) is 46.0 cm³/mol. The third kappa shape index (κ3) is 1.25. The minimum absolute atomic E-state index is 0.135. The van der Waals surface area contributed by atoms with E-state index in [1.165, 1.54) is 17.4 Å². The fourth-order valence-corrected chi connectivity index (χ4v) is 2.65. The van der Waals surface area contributed by atoms with Gasteiger partial charge in [0.1, 0.15) is 19.6 Å². The Labute approximate surface area is 73.7 Å². The second-order valence-corrected chi connectivity index (χ2v) is 4.44. The molecular weight excluding hydrogens is 155 g/mol. The van der Waals surface area contributed by atoms with Crippen LogP contribution in [0.25, 0.3) is 0 Å². The van der Waals surface area contributed by atoms with Crippen LogP contribution in [0.5, 0.6) is 0 Å². The highest BCUT2D eigenvalue weighted by Crippen LogP contribution is 2.26. The van der Waals surface area contributed by atoms with Gasteiger partial charge in [-0.3, -0.25) is 0 Å². The number of fused-ring (bicyclic) bond motifs is 3. The number of piperazine rings is 3. The normalized spacial score (nSPS) is 46.5. The van der Waals surface area contributed by atoms with Crippen molar-refractivity contribution in [2.24, 2.45) is 0 Å². The van der Waals surface area contributed by atoms with Crippen LogP contribution in [-0.2, 0) is 0 Å². The lowest BCUT2D eigenvalue weighted by molar-refractivity contribution is -1.15. The topological polar surface area (TPSA) is 0 Å². The molecule has 0 aliphatic carbocycles. The van der Waals surface area contributed by atoms with Crippen LogP contribution in [0.3, 0.4) is 0 Å². The standard InChI is InChI=1S/C9H19FN2/c1-2-3-11-4-7-12(10,8-5-11)9-6-11/h2-9H2,1H3/q+2. The first-order chi connectivity index (χ1) is 5.68. The molecule has 3 saturated heterocycles. The van der Waals surface area contributed by atoms with Crippen molar-refractivity contribution in [1.82, 2.24) is 0 Å². The second kappa shape index (κ2) is 2.67. The van der Waals surface area contributed by atoms with E-state index < -0.39 is 0 Å². The predicted octanol–water partition coefficient (Wildman–Crippen LogP) is 0.942. The van der Waals surface area contributed by atoms with Crippen LogP contribution in [0.1, 0.15) is 13.3 Å². The number of halogens is 1. The van der Waals surface area contributed by atoms with Gasteiger partial charge in [0.15, 0.2) is 19.6 Å². The molecule has 0 atom stereocenters. The Morgan fingerprint density at radius 3 is 1.92 bits per heavy atom. The third-order valence-electron chi connectivity index (χ3n) is 3.62. The van der Waals surface area contributed by atoms with Gasteiger partial charge in [0, 0.05) is 0 Å². The van der Waals surface area contributed by atoms with Crippen LogP contribution in [0.2, 0.25) is 0 Å². The minimum Gasteiger partial charge on any atom is -0.309 e. The summed E-state index contributed by atoms with van der Waals surface area (Å²) in [5, 5.41) is 0. The van der Waals surface area contributed by atoms with Crippen molar-refractivity contribution < 1.29 is 13.7 Å². The maximum Gasteiger partial charge on any atom is 0.164 e. The lowest BCUT2D eigenvalue weighted by atomic mass is 10.1. The van der Waals surface area contributed by atoms with Crippen molar-refractivity contribution in [3.8, 4) is 0 Å². The average molecular weight is 174 g/mol. The van der Waals surface area contributed by atoms with Gasteiger partial charge in [0.05, 0.1) is 6.54 Å². The molecule has 0 aromatic heterocycles. The molecule has 3 heterocycles. The first-order valence-electron chi connectivity index (χ1n) is 5.09. The van der Waals surface area contributed by atoms with Gasteiger partial charge in [-0.15, -0.1) is 4.71 Å². The SMILES string of the molecule is CCC[N+]12CC[N+](F)(CC1)CC2. The van der Waals surface area contributed by atoms with Crippen molar-refractivity contribution in [2.75, 3.05) is 45.8 Å². The lowest BCUT2D eigenvalue weighted by Gasteiger charge is -2.49. The molecule has 3 aliphatic heterocycles. The van der Waals surface area contributed by atoms with E-state index in [0.29, 0.717) is 0 Å². The van der Waals surface area contributed by atoms with E-state index >= 15 is 0 Å². The van der Waals surface area contributed by atoms with E-state index in [2.05, 4.69) is 6.92 Å². The Hall–Kier alpha value is -0.150. The molecule has 0 aromatic rings. The number of quaternary nitrogens is 2. The van der Waals surface area contributed by atoms with Gasteiger partial charge >= 0.3 is 0 Å². The molecule has 0 N–H and O–H groups in total. The summed E-state index contributed by atoms with van der Waals surface area (Å²) in [4.78, 5) is 0. The Bertz CT molecular complexity index is 157. The molecule has 2 bridgehead atoms. The maximum absolute atomic E-state index is 13.7. The van der Waals surface area contributed by atoms with Crippen molar-refractivity contribution >= 4 is 0 Å². The van der Waals surface area contributed by atoms with E-state index in [1.54, 1.807) is 0 Å². The minimum atomic E-state index is -0.135. The Balaban J connectivity index is 2.04. The molecule has 70 valence electrons. The highest BCUT2D eigenvalue weighted by atomic mass is 19.2. The molecule has 3 heteroatoms.